The molecule has 17 heavy (non-hydrogen) atoms. The van der Waals surface area contributed by atoms with Crippen molar-refractivity contribution in [3.63, 3.8) is 0 Å². The van der Waals surface area contributed by atoms with Gasteiger partial charge >= 0.3 is 0 Å². The number of rotatable bonds is 4. The van der Waals surface area contributed by atoms with E-state index in [0.717, 1.165) is 25.2 Å². The number of hydrogen-bond donors (Lipinski definition) is 2. The quantitative estimate of drug-likeness (QED) is 0.839. The van der Waals surface area contributed by atoms with E-state index < -0.39 is 0 Å². The molecule has 1 fully saturated rings. The molecule has 1 aromatic carbocycles. The minimum Gasteiger partial charge on any atom is -0.316 e. The Morgan fingerprint density at radius 1 is 1.53 bits per heavy atom. The maximum atomic E-state index is 13.1. The molecule has 1 unspecified atom stereocenters. The van der Waals surface area contributed by atoms with E-state index in [0.29, 0.717) is 5.92 Å². The summed E-state index contributed by atoms with van der Waals surface area (Å²) in [6.07, 6.45) is 2.55. The van der Waals surface area contributed by atoms with Crippen LogP contribution in [-0.2, 0) is 0 Å². The minimum atomic E-state index is -0.157. The van der Waals surface area contributed by atoms with Crippen molar-refractivity contribution < 1.29 is 4.39 Å². The first-order chi connectivity index (χ1) is 8.25. The van der Waals surface area contributed by atoms with Crippen molar-refractivity contribution in [2.45, 2.75) is 25.8 Å². The first kappa shape index (κ1) is 12.5. The predicted octanol–water partition coefficient (Wildman–Crippen LogP) is 2.48. The molecular weight excluding hydrogens is 215 g/mol. The summed E-state index contributed by atoms with van der Waals surface area (Å²) in [7, 11) is 0. The normalized spacial score (nSPS) is 22.4. The van der Waals surface area contributed by atoms with Crippen molar-refractivity contribution in [2.24, 2.45) is 5.92 Å². The third-order valence-electron chi connectivity index (χ3n) is 3.46. The van der Waals surface area contributed by atoms with Crippen molar-refractivity contribution in [1.29, 1.82) is 0 Å². The second kappa shape index (κ2) is 6.12. The molecular formula is C14H21FN2. The van der Waals surface area contributed by atoms with Crippen LogP contribution in [0.15, 0.2) is 24.3 Å². The third-order valence-corrected chi connectivity index (χ3v) is 3.46. The highest BCUT2D eigenvalue weighted by atomic mass is 19.1. The smallest absolute Gasteiger partial charge is 0.123 e. The van der Waals surface area contributed by atoms with Gasteiger partial charge in [-0.05, 0) is 63.0 Å². The van der Waals surface area contributed by atoms with Gasteiger partial charge in [0.1, 0.15) is 5.82 Å². The Morgan fingerprint density at radius 2 is 2.41 bits per heavy atom. The van der Waals surface area contributed by atoms with Gasteiger partial charge in [-0.3, -0.25) is 0 Å². The average molecular weight is 236 g/mol. The Hall–Kier alpha value is -0.930. The van der Waals surface area contributed by atoms with Crippen molar-refractivity contribution in [2.75, 3.05) is 19.6 Å². The Morgan fingerprint density at radius 3 is 3.12 bits per heavy atom. The summed E-state index contributed by atoms with van der Waals surface area (Å²) in [5.74, 6) is 0.551. The van der Waals surface area contributed by atoms with Crippen LogP contribution in [0.3, 0.4) is 0 Å². The van der Waals surface area contributed by atoms with Crippen molar-refractivity contribution >= 4 is 0 Å². The maximum absolute atomic E-state index is 13.1. The van der Waals surface area contributed by atoms with Gasteiger partial charge in [-0.1, -0.05) is 12.1 Å². The van der Waals surface area contributed by atoms with E-state index in [1.54, 1.807) is 12.1 Å². The summed E-state index contributed by atoms with van der Waals surface area (Å²) in [6, 6.07) is 7.05. The fourth-order valence-electron chi connectivity index (χ4n) is 2.34. The SMILES string of the molecule is C[C@@H](NCC1CCCNC1)c1cccc(F)c1. The monoisotopic (exact) mass is 236 g/mol. The van der Waals surface area contributed by atoms with Gasteiger partial charge in [-0.15, -0.1) is 0 Å². The fraction of sp³-hybridized carbons (Fsp3) is 0.571. The summed E-state index contributed by atoms with van der Waals surface area (Å²) in [5, 5.41) is 6.90. The average Bonchev–Trinajstić information content (AvgIpc) is 2.37. The molecule has 0 spiro atoms. The Kier molecular flexibility index (Phi) is 4.51. The number of halogens is 1. The molecule has 94 valence electrons. The summed E-state index contributed by atoms with van der Waals surface area (Å²) >= 11 is 0. The molecule has 0 aliphatic carbocycles. The predicted molar refractivity (Wildman–Crippen MR) is 68.4 cm³/mol. The van der Waals surface area contributed by atoms with Crippen LogP contribution in [0.4, 0.5) is 4.39 Å². The first-order valence-electron chi connectivity index (χ1n) is 6.45. The third kappa shape index (κ3) is 3.79. The number of nitrogens with one attached hydrogen (secondary N) is 2. The van der Waals surface area contributed by atoms with Crippen molar-refractivity contribution in [1.82, 2.24) is 10.6 Å². The summed E-state index contributed by atoms with van der Waals surface area (Å²) < 4.78 is 13.1. The summed E-state index contributed by atoms with van der Waals surface area (Å²) in [6.45, 7) is 5.34. The zero-order chi connectivity index (χ0) is 12.1. The first-order valence-corrected chi connectivity index (χ1v) is 6.45. The van der Waals surface area contributed by atoms with E-state index >= 15 is 0 Å². The van der Waals surface area contributed by atoms with Crippen LogP contribution in [0.25, 0.3) is 0 Å². The molecule has 1 aromatic rings. The molecule has 2 nitrogen and oxygen atoms in total. The van der Waals surface area contributed by atoms with E-state index in [2.05, 4.69) is 17.6 Å². The summed E-state index contributed by atoms with van der Waals surface area (Å²) in [5.41, 5.74) is 1.02. The molecule has 1 aliphatic rings. The van der Waals surface area contributed by atoms with Crippen LogP contribution < -0.4 is 10.6 Å². The largest absolute Gasteiger partial charge is 0.316 e. The van der Waals surface area contributed by atoms with Gasteiger partial charge in [0.2, 0.25) is 0 Å². The molecule has 2 rings (SSSR count). The van der Waals surface area contributed by atoms with Crippen LogP contribution in [0.5, 0.6) is 0 Å². The Bertz CT molecular complexity index is 348. The Balaban J connectivity index is 1.82. The van der Waals surface area contributed by atoms with Gasteiger partial charge < -0.3 is 10.6 Å². The minimum absolute atomic E-state index is 0.157. The molecule has 1 heterocycles. The second-order valence-electron chi connectivity index (χ2n) is 4.90. The molecule has 2 atom stereocenters. The highest BCUT2D eigenvalue weighted by molar-refractivity contribution is 5.19. The lowest BCUT2D eigenvalue weighted by Gasteiger charge is -2.25. The number of benzene rings is 1. The van der Waals surface area contributed by atoms with Gasteiger partial charge in [0.15, 0.2) is 0 Å². The lowest BCUT2D eigenvalue weighted by molar-refractivity contribution is 0.348. The number of piperidine rings is 1. The lowest BCUT2D eigenvalue weighted by atomic mass is 9.99. The maximum Gasteiger partial charge on any atom is 0.123 e. The topological polar surface area (TPSA) is 24.1 Å². The molecule has 0 saturated carbocycles. The Labute approximate surface area is 103 Å². The van der Waals surface area contributed by atoms with Crippen molar-refractivity contribution in [3.05, 3.63) is 35.6 Å². The molecule has 0 radical (unpaired) electrons. The van der Waals surface area contributed by atoms with Crippen LogP contribution in [0.1, 0.15) is 31.4 Å². The van der Waals surface area contributed by atoms with Crippen molar-refractivity contribution in [3.8, 4) is 0 Å². The zero-order valence-corrected chi connectivity index (χ0v) is 10.4. The molecule has 3 heteroatoms. The van der Waals surface area contributed by atoms with Crippen LogP contribution in [-0.4, -0.2) is 19.6 Å². The highest BCUT2D eigenvalue weighted by Crippen LogP contribution is 2.15. The molecule has 0 aromatic heterocycles. The van der Waals surface area contributed by atoms with Gasteiger partial charge in [0, 0.05) is 6.04 Å². The molecule has 1 saturated heterocycles. The fourth-order valence-corrected chi connectivity index (χ4v) is 2.34. The van der Waals surface area contributed by atoms with E-state index in [9.17, 15) is 4.39 Å². The molecule has 0 bridgehead atoms. The second-order valence-corrected chi connectivity index (χ2v) is 4.90. The zero-order valence-electron chi connectivity index (χ0n) is 10.4. The van der Waals surface area contributed by atoms with E-state index in [4.69, 9.17) is 0 Å². The van der Waals surface area contributed by atoms with Gasteiger partial charge in [-0.25, -0.2) is 4.39 Å². The summed E-state index contributed by atoms with van der Waals surface area (Å²) in [4.78, 5) is 0. The number of hydrogen-bond acceptors (Lipinski definition) is 2. The van der Waals surface area contributed by atoms with Gasteiger partial charge in [0.25, 0.3) is 0 Å². The van der Waals surface area contributed by atoms with Crippen LogP contribution in [0, 0.1) is 11.7 Å². The molecule has 1 aliphatic heterocycles. The molecule has 2 N–H and O–H groups in total. The van der Waals surface area contributed by atoms with E-state index in [1.165, 1.54) is 18.9 Å². The van der Waals surface area contributed by atoms with Gasteiger partial charge in [0.05, 0.1) is 0 Å². The van der Waals surface area contributed by atoms with Crippen LogP contribution >= 0.6 is 0 Å². The van der Waals surface area contributed by atoms with E-state index in [-0.39, 0.29) is 11.9 Å². The lowest BCUT2D eigenvalue weighted by Crippen LogP contribution is -2.36. The van der Waals surface area contributed by atoms with Crippen LogP contribution in [0.2, 0.25) is 0 Å². The molecule has 0 amide bonds. The highest BCUT2D eigenvalue weighted by Gasteiger charge is 2.14. The standard InChI is InChI=1S/C14H21FN2/c1-11(13-5-2-6-14(15)8-13)17-10-12-4-3-7-16-9-12/h2,5-6,8,11-12,16-17H,3-4,7,9-10H2,1H3/t11-,12?/m1/s1. The van der Waals surface area contributed by atoms with E-state index in [1.807, 2.05) is 6.07 Å². The van der Waals surface area contributed by atoms with Gasteiger partial charge in [-0.2, -0.15) is 0 Å².